The molecule has 0 radical (unpaired) electrons. The molecule has 0 spiro atoms. The fraction of sp³-hybridized carbons (Fsp3) is 0.365. The maximum absolute atomic E-state index is 16.0. The summed E-state index contributed by atoms with van der Waals surface area (Å²) in [5.74, 6) is -0.507. The Hall–Kier alpha value is -7.31. The van der Waals surface area contributed by atoms with Gasteiger partial charge in [-0.15, -0.1) is 0 Å². The highest BCUT2D eigenvalue weighted by Gasteiger charge is 2.56. The van der Waals surface area contributed by atoms with Gasteiger partial charge >= 0.3 is 0 Å². The minimum atomic E-state index is -1.20. The average Bonchev–Trinajstić information content (AvgIpc) is 4.11. The number of carbonyl (C=O) groups excluding carboxylic acids is 5. The molecule has 16 nitrogen and oxygen atoms in total. The van der Waals surface area contributed by atoms with Crippen LogP contribution in [0.3, 0.4) is 0 Å². The van der Waals surface area contributed by atoms with Gasteiger partial charge in [0.05, 0.1) is 23.3 Å². The van der Waals surface area contributed by atoms with Gasteiger partial charge in [-0.05, 0) is 129 Å². The molecule has 70 heavy (non-hydrogen) atoms. The molecule has 3 unspecified atom stereocenters. The molecule has 5 amide bonds. The van der Waals surface area contributed by atoms with E-state index in [2.05, 4.69) is 52.5 Å². The van der Waals surface area contributed by atoms with Crippen LogP contribution in [0, 0.1) is 23.0 Å². The Balaban J connectivity index is 0.637. The quantitative estimate of drug-likeness (QED) is 0.0957. The van der Waals surface area contributed by atoms with E-state index >= 15 is 4.39 Å². The summed E-state index contributed by atoms with van der Waals surface area (Å²) >= 11 is 0. The number of ether oxygens (including phenoxy) is 1. The molecule has 7 aliphatic rings. The summed E-state index contributed by atoms with van der Waals surface area (Å²) in [7, 11) is 0. The Kier molecular flexibility index (Phi) is 11.7. The molecule has 12 rings (SSSR count). The predicted octanol–water partition coefficient (Wildman–Crippen LogP) is 6.42. The first-order valence-corrected chi connectivity index (χ1v) is 23.9. The molecule has 3 aromatic carbocycles. The number of piperazine rings is 1. The number of aromatic nitrogens is 2. The maximum Gasteiger partial charge on any atom is 0.256 e. The standard InChI is InChI=1S/C52H52F2N10O6/c1-30-2-11-43(48(66)57-30)64-26-32-20-46(56-24-40(32)49(64)67)60-47(65)29-61-27-36-21-37(28-61)63(36)25-31-13-18-62(19-14-31)44-23-42-39(22-41(44)54)45(12-17-55-42)70-38-9-7-35(8-10-38)59-51(69)52(15-16-52)50(68)58-34-5-3-33(53)4-6-34/h3-10,12,17,20,22-24,31,36-37,43H,1-2,11,13-16,18-19,21,25-29H2,(H,57,66)(H,58,68)(H,59,69)(H,56,60,65). The number of fused-ring (bicyclic) bond motifs is 4. The van der Waals surface area contributed by atoms with Crippen molar-refractivity contribution in [3.05, 3.63) is 120 Å². The zero-order chi connectivity index (χ0) is 48.3. The summed E-state index contributed by atoms with van der Waals surface area (Å²) in [5, 5.41) is 11.7. The average molecular weight is 951 g/mol. The number of hydrogen-bond donors (Lipinski definition) is 4. The molecule has 2 bridgehead atoms. The third-order valence-corrected chi connectivity index (χ3v) is 14.8. The van der Waals surface area contributed by atoms with Crippen LogP contribution in [0.5, 0.6) is 11.5 Å². The number of benzene rings is 3. The van der Waals surface area contributed by atoms with Crippen molar-refractivity contribution in [2.45, 2.75) is 69.6 Å². The lowest BCUT2D eigenvalue weighted by Crippen LogP contribution is -2.69. The van der Waals surface area contributed by atoms with Crippen LogP contribution in [0.15, 0.2) is 97.5 Å². The Morgan fingerprint density at radius 1 is 0.857 bits per heavy atom. The van der Waals surface area contributed by atoms with E-state index in [0.717, 1.165) is 57.5 Å². The monoisotopic (exact) mass is 950 g/mol. The third kappa shape index (κ3) is 8.92. The van der Waals surface area contributed by atoms with Crippen LogP contribution in [-0.2, 0) is 25.7 Å². The number of pyridine rings is 2. The molecule has 18 heteroatoms. The van der Waals surface area contributed by atoms with Crippen molar-refractivity contribution in [2.75, 3.05) is 60.1 Å². The summed E-state index contributed by atoms with van der Waals surface area (Å²) in [6, 6.07) is 19.0. The van der Waals surface area contributed by atoms with Crippen LogP contribution in [0.25, 0.3) is 10.9 Å². The van der Waals surface area contributed by atoms with Crippen molar-refractivity contribution in [1.29, 1.82) is 0 Å². The van der Waals surface area contributed by atoms with Gasteiger partial charge in [0.25, 0.3) is 5.91 Å². The lowest BCUT2D eigenvalue weighted by atomic mass is 9.84. The second-order valence-electron chi connectivity index (χ2n) is 19.5. The van der Waals surface area contributed by atoms with E-state index in [0.29, 0.717) is 100 Å². The number of piperidine rings is 3. The van der Waals surface area contributed by atoms with Crippen LogP contribution in [-0.4, -0.2) is 112 Å². The van der Waals surface area contributed by atoms with Gasteiger partial charge in [-0.1, -0.05) is 6.58 Å². The van der Waals surface area contributed by atoms with E-state index in [1.54, 1.807) is 53.6 Å². The van der Waals surface area contributed by atoms with E-state index in [9.17, 15) is 28.4 Å². The molecule has 8 heterocycles. The Morgan fingerprint density at radius 2 is 1.56 bits per heavy atom. The first-order chi connectivity index (χ1) is 33.8. The summed E-state index contributed by atoms with van der Waals surface area (Å²) in [5.41, 5.74) is 2.65. The Morgan fingerprint density at radius 3 is 2.24 bits per heavy atom. The van der Waals surface area contributed by atoms with E-state index < -0.39 is 29.1 Å². The lowest BCUT2D eigenvalue weighted by molar-refractivity contribution is -0.131. The maximum atomic E-state index is 16.0. The summed E-state index contributed by atoms with van der Waals surface area (Å²) in [6.45, 7) is 8.36. The number of amides is 5. The summed E-state index contributed by atoms with van der Waals surface area (Å²) < 4.78 is 35.5. The van der Waals surface area contributed by atoms with Gasteiger partial charge < -0.3 is 35.8 Å². The third-order valence-electron chi connectivity index (χ3n) is 14.8. The van der Waals surface area contributed by atoms with Gasteiger partial charge in [-0.2, -0.15) is 0 Å². The lowest BCUT2D eigenvalue weighted by Gasteiger charge is -2.57. The number of halogens is 2. The summed E-state index contributed by atoms with van der Waals surface area (Å²) in [6.07, 6.45) is 8.02. The largest absolute Gasteiger partial charge is 0.457 e. The topological polar surface area (TPSA) is 181 Å². The number of allylic oxidation sites excluding steroid dienone is 1. The number of carbonyl (C=O) groups is 5. The summed E-state index contributed by atoms with van der Waals surface area (Å²) in [4.78, 5) is 82.4. The zero-order valence-corrected chi connectivity index (χ0v) is 38.4. The van der Waals surface area contributed by atoms with Crippen LogP contribution < -0.4 is 30.9 Å². The molecule has 5 saturated heterocycles. The fourth-order valence-corrected chi connectivity index (χ4v) is 10.8. The fourth-order valence-electron chi connectivity index (χ4n) is 10.8. The number of nitrogens with one attached hydrogen (secondary N) is 4. The zero-order valence-electron chi connectivity index (χ0n) is 38.4. The molecular weight excluding hydrogens is 899 g/mol. The Bertz CT molecular complexity index is 2930. The molecule has 4 N–H and O–H groups in total. The molecular formula is C52H52F2N10O6. The number of hydrogen-bond acceptors (Lipinski definition) is 11. The van der Waals surface area contributed by atoms with E-state index in [-0.39, 0.29) is 36.6 Å². The van der Waals surface area contributed by atoms with Crippen LogP contribution >= 0.6 is 0 Å². The number of anilines is 4. The second kappa shape index (κ2) is 18.2. The van der Waals surface area contributed by atoms with Crippen LogP contribution in [0.1, 0.15) is 60.9 Å². The minimum Gasteiger partial charge on any atom is -0.457 e. The molecule has 2 aromatic heterocycles. The SMILES string of the molecule is C=C1CCC(N2Cc3cc(NC(=O)CN4CC5CC(C4)N5CC4CCN(c5cc6nccc(Oc7ccc(NC(=O)C8(C(=O)Nc9ccc(F)cc9)CC8)cc7)c6cc5F)CC4)ncc3C2=O)C(=O)N1. The molecule has 1 aliphatic carbocycles. The molecule has 3 atom stereocenters. The van der Waals surface area contributed by atoms with Crippen molar-refractivity contribution < 1.29 is 37.5 Å². The second-order valence-corrected chi connectivity index (χ2v) is 19.5. The highest BCUT2D eigenvalue weighted by molar-refractivity contribution is 6.17. The first-order valence-electron chi connectivity index (χ1n) is 23.9. The van der Waals surface area contributed by atoms with Crippen molar-refractivity contribution in [1.82, 2.24) is 30.0 Å². The Labute approximate surface area is 402 Å². The predicted molar refractivity (Wildman–Crippen MR) is 257 cm³/mol. The van der Waals surface area contributed by atoms with E-state index in [1.807, 2.05) is 0 Å². The molecule has 1 saturated carbocycles. The number of nitrogens with zero attached hydrogens (tertiary/aromatic N) is 6. The van der Waals surface area contributed by atoms with E-state index in [4.69, 9.17) is 4.74 Å². The van der Waals surface area contributed by atoms with Crippen LogP contribution in [0.2, 0.25) is 0 Å². The van der Waals surface area contributed by atoms with E-state index in [1.165, 1.54) is 36.5 Å². The van der Waals surface area contributed by atoms with Gasteiger partial charge in [-0.25, -0.2) is 13.8 Å². The van der Waals surface area contributed by atoms with Crippen LogP contribution in [0.4, 0.5) is 31.7 Å². The van der Waals surface area contributed by atoms with Gasteiger partial charge in [0.2, 0.25) is 23.6 Å². The van der Waals surface area contributed by atoms with Crippen molar-refractivity contribution in [2.24, 2.45) is 11.3 Å². The highest BCUT2D eigenvalue weighted by Crippen LogP contribution is 2.48. The first kappa shape index (κ1) is 45.2. The normalized spacial score (nSPS) is 22.0. The van der Waals surface area contributed by atoms with Crippen molar-refractivity contribution in [3.63, 3.8) is 0 Å². The molecule has 5 aromatic rings. The molecule has 360 valence electrons. The van der Waals surface area contributed by atoms with Crippen molar-refractivity contribution >= 4 is 63.3 Å². The van der Waals surface area contributed by atoms with Gasteiger partial charge in [0.1, 0.15) is 40.4 Å². The van der Waals surface area contributed by atoms with Gasteiger partial charge in [-0.3, -0.25) is 38.8 Å². The molecule has 6 fully saturated rings. The van der Waals surface area contributed by atoms with Gasteiger partial charge in [0.15, 0.2) is 0 Å². The minimum absolute atomic E-state index is 0.161. The molecule has 6 aliphatic heterocycles. The number of rotatable bonds is 13. The van der Waals surface area contributed by atoms with Crippen molar-refractivity contribution in [3.8, 4) is 11.5 Å². The van der Waals surface area contributed by atoms with Gasteiger partial charge in [0, 0.05) is 86.2 Å². The highest BCUT2D eigenvalue weighted by atomic mass is 19.1. The smallest absolute Gasteiger partial charge is 0.256 e.